The van der Waals surface area contributed by atoms with Gasteiger partial charge in [0.1, 0.15) is 5.82 Å². The van der Waals surface area contributed by atoms with Crippen LogP contribution >= 0.6 is 0 Å². The second-order valence-corrected chi connectivity index (χ2v) is 5.32. The third kappa shape index (κ3) is 2.69. The Labute approximate surface area is 119 Å². The molecule has 0 aliphatic carbocycles. The molecular weight excluding hydrogens is 281 g/mol. The fourth-order valence-corrected chi connectivity index (χ4v) is 2.30. The lowest BCUT2D eigenvalue weighted by Crippen LogP contribution is -2.38. The number of hydrogen-bond acceptors (Lipinski definition) is 4. The summed E-state index contributed by atoms with van der Waals surface area (Å²) in [6.07, 6.45) is 0.380. The quantitative estimate of drug-likeness (QED) is 0.664. The molecule has 0 saturated carbocycles. The topological polar surface area (TPSA) is 107 Å². The van der Waals surface area contributed by atoms with E-state index in [9.17, 15) is 24.1 Å². The summed E-state index contributed by atoms with van der Waals surface area (Å²) in [5, 5.41) is 10.7. The van der Waals surface area contributed by atoms with Gasteiger partial charge in [-0.1, -0.05) is 0 Å². The van der Waals surface area contributed by atoms with Gasteiger partial charge in [0.05, 0.1) is 15.9 Å². The first-order valence-corrected chi connectivity index (χ1v) is 6.28. The summed E-state index contributed by atoms with van der Waals surface area (Å²) in [6.45, 7) is 1.95. The first-order chi connectivity index (χ1) is 9.74. The number of halogens is 1. The van der Waals surface area contributed by atoms with Crippen molar-refractivity contribution in [3.05, 3.63) is 39.7 Å². The van der Waals surface area contributed by atoms with Crippen LogP contribution in [-0.2, 0) is 4.79 Å². The number of carbonyl (C=O) groups is 2. The standard InChI is InChI=1S/C13H14FN3O4/c1-13(12(15)19)4-5-16(7-13)11(18)9-6-8(17(20)21)2-3-10(9)14/h2-3,6H,4-5,7H2,1H3,(H2,15,19). The summed E-state index contributed by atoms with van der Waals surface area (Å²) in [4.78, 5) is 34.9. The predicted molar refractivity (Wildman–Crippen MR) is 70.9 cm³/mol. The highest BCUT2D eigenvalue weighted by molar-refractivity contribution is 5.96. The SMILES string of the molecule is CC1(C(N)=O)CCN(C(=O)c2cc([N+](=O)[O-])ccc2F)C1. The first-order valence-electron chi connectivity index (χ1n) is 6.28. The molecule has 0 radical (unpaired) electrons. The van der Waals surface area contributed by atoms with Crippen LogP contribution in [0.15, 0.2) is 18.2 Å². The molecule has 0 spiro atoms. The number of nitro groups is 1. The zero-order chi connectivity index (χ0) is 15.8. The van der Waals surface area contributed by atoms with Crippen molar-refractivity contribution < 1.29 is 18.9 Å². The molecule has 0 aromatic heterocycles. The van der Waals surface area contributed by atoms with Gasteiger partial charge in [0.25, 0.3) is 11.6 Å². The van der Waals surface area contributed by atoms with E-state index in [0.717, 1.165) is 18.2 Å². The molecule has 7 nitrogen and oxygen atoms in total. The van der Waals surface area contributed by atoms with Crippen molar-refractivity contribution in [1.82, 2.24) is 4.90 Å². The maximum atomic E-state index is 13.7. The van der Waals surface area contributed by atoms with E-state index in [1.54, 1.807) is 6.92 Å². The van der Waals surface area contributed by atoms with E-state index in [1.165, 1.54) is 4.90 Å². The number of amides is 2. The molecule has 2 amide bonds. The molecule has 1 aromatic rings. The number of likely N-dealkylation sites (tertiary alicyclic amines) is 1. The van der Waals surface area contributed by atoms with Crippen molar-refractivity contribution in [3.8, 4) is 0 Å². The van der Waals surface area contributed by atoms with Crippen LogP contribution in [0.25, 0.3) is 0 Å². The predicted octanol–water partition coefficient (Wildman–Crippen LogP) is 1.07. The van der Waals surface area contributed by atoms with Gasteiger partial charge in [0, 0.05) is 25.2 Å². The van der Waals surface area contributed by atoms with E-state index < -0.39 is 28.0 Å². The number of non-ortho nitro benzene ring substituents is 1. The Morgan fingerprint density at radius 1 is 1.48 bits per heavy atom. The van der Waals surface area contributed by atoms with Gasteiger partial charge < -0.3 is 10.6 Å². The van der Waals surface area contributed by atoms with Gasteiger partial charge >= 0.3 is 0 Å². The molecular formula is C13H14FN3O4. The Morgan fingerprint density at radius 2 is 2.14 bits per heavy atom. The van der Waals surface area contributed by atoms with Crippen molar-refractivity contribution >= 4 is 17.5 Å². The zero-order valence-electron chi connectivity index (χ0n) is 11.3. The lowest BCUT2D eigenvalue weighted by Gasteiger charge is -2.21. The number of nitrogens with zero attached hydrogens (tertiary/aromatic N) is 2. The average Bonchev–Trinajstić information content (AvgIpc) is 2.82. The molecule has 1 aromatic carbocycles. The molecule has 1 aliphatic heterocycles. The second kappa shape index (κ2) is 5.12. The Hall–Kier alpha value is -2.51. The molecule has 2 rings (SSSR count). The van der Waals surface area contributed by atoms with Crippen molar-refractivity contribution in [3.63, 3.8) is 0 Å². The highest BCUT2D eigenvalue weighted by atomic mass is 19.1. The summed E-state index contributed by atoms with van der Waals surface area (Å²) >= 11 is 0. The van der Waals surface area contributed by atoms with E-state index >= 15 is 0 Å². The molecule has 1 saturated heterocycles. The minimum Gasteiger partial charge on any atom is -0.369 e. The minimum atomic E-state index is -0.854. The maximum Gasteiger partial charge on any atom is 0.270 e. The summed E-state index contributed by atoms with van der Waals surface area (Å²) in [7, 11) is 0. The van der Waals surface area contributed by atoms with Gasteiger partial charge in [-0.15, -0.1) is 0 Å². The van der Waals surface area contributed by atoms with Crippen molar-refractivity contribution in [2.45, 2.75) is 13.3 Å². The maximum absolute atomic E-state index is 13.7. The number of rotatable bonds is 3. The van der Waals surface area contributed by atoms with Gasteiger partial charge in [0.2, 0.25) is 5.91 Å². The lowest BCUT2D eigenvalue weighted by molar-refractivity contribution is -0.384. The fourth-order valence-electron chi connectivity index (χ4n) is 2.30. The Morgan fingerprint density at radius 3 is 2.67 bits per heavy atom. The molecule has 21 heavy (non-hydrogen) atoms. The largest absolute Gasteiger partial charge is 0.369 e. The Balaban J connectivity index is 2.28. The first kappa shape index (κ1) is 14.9. The highest BCUT2D eigenvalue weighted by Crippen LogP contribution is 2.31. The highest BCUT2D eigenvalue weighted by Gasteiger charge is 2.41. The van der Waals surface area contributed by atoms with Crippen LogP contribution in [-0.4, -0.2) is 34.7 Å². The van der Waals surface area contributed by atoms with E-state index in [-0.39, 0.29) is 24.3 Å². The Kier molecular flexibility index (Phi) is 3.63. The zero-order valence-corrected chi connectivity index (χ0v) is 11.3. The smallest absolute Gasteiger partial charge is 0.270 e. The third-order valence-corrected chi connectivity index (χ3v) is 3.75. The van der Waals surface area contributed by atoms with Crippen LogP contribution in [0.2, 0.25) is 0 Å². The van der Waals surface area contributed by atoms with Gasteiger partial charge in [-0.25, -0.2) is 4.39 Å². The number of nitro benzene ring substituents is 1. The van der Waals surface area contributed by atoms with Crippen LogP contribution in [0.3, 0.4) is 0 Å². The molecule has 1 unspecified atom stereocenters. The summed E-state index contributed by atoms with van der Waals surface area (Å²) < 4.78 is 13.7. The molecule has 112 valence electrons. The summed E-state index contributed by atoms with van der Waals surface area (Å²) in [5.74, 6) is -2.04. The normalized spacial score (nSPS) is 21.3. The molecule has 1 aliphatic rings. The second-order valence-electron chi connectivity index (χ2n) is 5.32. The van der Waals surface area contributed by atoms with Gasteiger partial charge in [-0.3, -0.25) is 19.7 Å². The summed E-state index contributed by atoms with van der Waals surface area (Å²) in [6, 6.07) is 2.77. The lowest BCUT2D eigenvalue weighted by atomic mass is 9.89. The van der Waals surface area contributed by atoms with E-state index in [1.807, 2.05) is 0 Å². The molecule has 2 N–H and O–H groups in total. The van der Waals surface area contributed by atoms with Crippen LogP contribution in [0.4, 0.5) is 10.1 Å². The van der Waals surface area contributed by atoms with Gasteiger partial charge in [0.15, 0.2) is 0 Å². The third-order valence-electron chi connectivity index (χ3n) is 3.75. The van der Waals surface area contributed by atoms with E-state index in [2.05, 4.69) is 0 Å². The Bertz CT molecular complexity index is 634. The van der Waals surface area contributed by atoms with E-state index in [0.29, 0.717) is 6.42 Å². The molecule has 8 heteroatoms. The van der Waals surface area contributed by atoms with Crippen molar-refractivity contribution in [2.24, 2.45) is 11.1 Å². The van der Waals surface area contributed by atoms with Gasteiger partial charge in [-0.05, 0) is 19.4 Å². The molecule has 0 bridgehead atoms. The molecule has 1 fully saturated rings. The van der Waals surface area contributed by atoms with Crippen LogP contribution in [0.1, 0.15) is 23.7 Å². The molecule has 1 atom stereocenters. The average molecular weight is 295 g/mol. The minimum absolute atomic E-state index is 0.0727. The van der Waals surface area contributed by atoms with Crippen molar-refractivity contribution in [2.75, 3.05) is 13.1 Å². The fraction of sp³-hybridized carbons (Fsp3) is 0.385. The monoisotopic (exact) mass is 295 g/mol. The van der Waals surface area contributed by atoms with Crippen LogP contribution in [0.5, 0.6) is 0 Å². The molecule has 1 heterocycles. The van der Waals surface area contributed by atoms with Crippen LogP contribution < -0.4 is 5.73 Å². The number of primary amides is 1. The van der Waals surface area contributed by atoms with E-state index in [4.69, 9.17) is 5.73 Å². The van der Waals surface area contributed by atoms with Crippen LogP contribution in [0, 0.1) is 21.3 Å². The number of benzene rings is 1. The van der Waals surface area contributed by atoms with Gasteiger partial charge in [-0.2, -0.15) is 0 Å². The van der Waals surface area contributed by atoms with Crippen molar-refractivity contribution in [1.29, 1.82) is 0 Å². The number of nitrogens with two attached hydrogens (primary N) is 1. The summed E-state index contributed by atoms with van der Waals surface area (Å²) in [5.41, 5.74) is 3.69. The number of hydrogen-bond donors (Lipinski definition) is 1. The number of carbonyl (C=O) groups excluding carboxylic acids is 2.